The second kappa shape index (κ2) is 5.08. The van der Waals surface area contributed by atoms with Crippen molar-refractivity contribution < 1.29 is 9.90 Å². The Balaban J connectivity index is 2.75. The SMILES string of the molecule is C[C@@H](O)/C=C/C(=O)c1ccc(Br)cc1. The normalized spacial score (nSPS) is 13.1. The highest BCUT2D eigenvalue weighted by molar-refractivity contribution is 9.10. The van der Waals surface area contributed by atoms with Crippen LogP contribution in [0.15, 0.2) is 40.9 Å². The monoisotopic (exact) mass is 254 g/mol. The van der Waals surface area contributed by atoms with E-state index in [0.29, 0.717) is 5.56 Å². The number of ketones is 1. The molecule has 0 amide bonds. The Morgan fingerprint density at radius 2 is 2.00 bits per heavy atom. The first-order valence-electron chi connectivity index (χ1n) is 4.26. The van der Waals surface area contributed by atoms with E-state index < -0.39 is 6.10 Å². The van der Waals surface area contributed by atoms with Gasteiger partial charge in [-0.15, -0.1) is 0 Å². The van der Waals surface area contributed by atoms with Crippen molar-refractivity contribution in [2.24, 2.45) is 0 Å². The summed E-state index contributed by atoms with van der Waals surface area (Å²) in [5.74, 6) is -0.0987. The lowest BCUT2D eigenvalue weighted by Gasteiger charge is -1.96. The van der Waals surface area contributed by atoms with E-state index in [9.17, 15) is 4.79 Å². The molecular formula is C11H11BrO2. The minimum absolute atomic E-state index is 0.0987. The lowest BCUT2D eigenvalue weighted by molar-refractivity contribution is 0.104. The van der Waals surface area contributed by atoms with Crippen LogP contribution in [-0.2, 0) is 0 Å². The van der Waals surface area contributed by atoms with Crippen molar-refractivity contribution in [2.45, 2.75) is 13.0 Å². The summed E-state index contributed by atoms with van der Waals surface area (Å²) in [4.78, 5) is 11.4. The maximum atomic E-state index is 11.4. The number of hydrogen-bond donors (Lipinski definition) is 1. The molecule has 2 nitrogen and oxygen atoms in total. The van der Waals surface area contributed by atoms with Crippen LogP contribution in [0.2, 0.25) is 0 Å². The van der Waals surface area contributed by atoms with Gasteiger partial charge in [0.15, 0.2) is 5.78 Å². The van der Waals surface area contributed by atoms with Crippen LogP contribution in [0.5, 0.6) is 0 Å². The number of aliphatic hydroxyl groups excluding tert-OH is 1. The van der Waals surface area contributed by atoms with Crippen LogP contribution in [0, 0.1) is 0 Å². The lowest BCUT2D eigenvalue weighted by Crippen LogP contribution is -1.98. The highest BCUT2D eigenvalue weighted by Gasteiger charge is 2.00. The molecule has 1 N–H and O–H groups in total. The Hall–Kier alpha value is -0.930. The van der Waals surface area contributed by atoms with Crippen LogP contribution in [0.4, 0.5) is 0 Å². The van der Waals surface area contributed by atoms with Gasteiger partial charge in [0.2, 0.25) is 0 Å². The molecule has 1 rings (SSSR count). The minimum atomic E-state index is -0.589. The van der Waals surface area contributed by atoms with Gasteiger partial charge in [0, 0.05) is 10.0 Å². The molecule has 1 atom stereocenters. The predicted octanol–water partition coefficient (Wildman–Crippen LogP) is 2.57. The summed E-state index contributed by atoms with van der Waals surface area (Å²) in [6.07, 6.45) is 2.26. The Kier molecular flexibility index (Phi) is 4.04. The molecule has 0 aromatic heterocycles. The smallest absolute Gasteiger partial charge is 0.185 e. The number of rotatable bonds is 3. The van der Waals surface area contributed by atoms with Gasteiger partial charge in [-0.25, -0.2) is 0 Å². The van der Waals surface area contributed by atoms with Crippen LogP contribution < -0.4 is 0 Å². The van der Waals surface area contributed by atoms with Crippen molar-refractivity contribution in [2.75, 3.05) is 0 Å². The molecule has 0 radical (unpaired) electrons. The number of hydrogen-bond acceptors (Lipinski definition) is 2. The van der Waals surface area contributed by atoms with Gasteiger partial charge in [-0.05, 0) is 37.3 Å². The van der Waals surface area contributed by atoms with Gasteiger partial charge in [-0.3, -0.25) is 4.79 Å². The lowest BCUT2D eigenvalue weighted by atomic mass is 10.1. The zero-order valence-corrected chi connectivity index (χ0v) is 9.36. The van der Waals surface area contributed by atoms with Gasteiger partial charge in [0.25, 0.3) is 0 Å². The molecule has 0 saturated heterocycles. The van der Waals surface area contributed by atoms with E-state index >= 15 is 0 Å². The van der Waals surface area contributed by atoms with Crippen LogP contribution in [0.25, 0.3) is 0 Å². The summed E-state index contributed by atoms with van der Waals surface area (Å²) < 4.78 is 0.938. The van der Waals surface area contributed by atoms with Crippen LogP contribution in [0.3, 0.4) is 0 Å². The van der Waals surface area contributed by atoms with Crippen molar-refractivity contribution in [3.05, 3.63) is 46.5 Å². The van der Waals surface area contributed by atoms with E-state index in [2.05, 4.69) is 15.9 Å². The first-order chi connectivity index (χ1) is 6.59. The zero-order valence-electron chi connectivity index (χ0n) is 7.77. The molecule has 0 fully saturated rings. The standard InChI is InChI=1S/C11H11BrO2/c1-8(13)2-7-11(14)9-3-5-10(12)6-4-9/h2-8,13H,1H3/b7-2+/t8-/m1/s1. The van der Waals surface area contributed by atoms with E-state index in [4.69, 9.17) is 5.11 Å². The molecule has 0 aliphatic heterocycles. The Morgan fingerprint density at radius 1 is 1.43 bits per heavy atom. The molecule has 0 spiro atoms. The summed E-state index contributed by atoms with van der Waals surface area (Å²) in [6.45, 7) is 1.60. The minimum Gasteiger partial charge on any atom is -0.389 e. The Labute approximate surface area is 91.4 Å². The van der Waals surface area contributed by atoms with E-state index in [0.717, 1.165) is 4.47 Å². The topological polar surface area (TPSA) is 37.3 Å². The first-order valence-corrected chi connectivity index (χ1v) is 5.05. The van der Waals surface area contributed by atoms with Crippen molar-refractivity contribution in [3.8, 4) is 0 Å². The molecular weight excluding hydrogens is 244 g/mol. The van der Waals surface area contributed by atoms with Crippen molar-refractivity contribution >= 4 is 21.7 Å². The molecule has 14 heavy (non-hydrogen) atoms. The van der Waals surface area contributed by atoms with E-state index in [-0.39, 0.29) is 5.78 Å². The summed E-state index contributed by atoms with van der Waals surface area (Å²) in [5, 5.41) is 8.95. The number of allylic oxidation sites excluding steroid dienone is 1. The number of carbonyl (C=O) groups is 1. The average Bonchev–Trinajstić information content (AvgIpc) is 2.15. The molecule has 0 bridgehead atoms. The predicted molar refractivity (Wildman–Crippen MR) is 59.3 cm³/mol. The first kappa shape index (κ1) is 11.1. The number of aliphatic hydroxyl groups is 1. The van der Waals surface area contributed by atoms with Crippen LogP contribution >= 0.6 is 15.9 Å². The largest absolute Gasteiger partial charge is 0.389 e. The molecule has 0 unspecified atom stereocenters. The third-order valence-electron chi connectivity index (χ3n) is 1.65. The Morgan fingerprint density at radius 3 is 2.50 bits per heavy atom. The summed E-state index contributed by atoms with van der Waals surface area (Å²) in [7, 11) is 0. The second-order valence-corrected chi connectivity index (χ2v) is 3.89. The highest BCUT2D eigenvalue weighted by Crippen LogP contribution is 2.11. The molecule has 0 heterocycles. The maximum absolute atomic E-state index is 11.4. The molecule has 74 valence electrons. The van der Waals surface area contributed by atoms with E-state index in [1.54, 1.807) is 19.1 Å². The van der Waals surface area contributed by atoms with Gasteiger partial charge in [-0.1, -0.05) is 22.0 Å². The number of carbonyl (C=O) groups excluding carboxylic acids is 1. The summed E-state index contributed by atoms with van der Waals surface area (Å²) >= 11 is 3.29. The fraction of sp³-hybridized carbons (Fsp3) is 0.182. The zero-order chi connectivity index (χ0) is 10.6. The number of halogens is 1. The maximum Gasteiger partial charge on any atom is 0.185 e. The van der Waals surface area contributed by atoms with Crippen LogP contribution in [0.1, 0.15) is 17.3 Å². The summed E-state index contributed by atoms with van der Waals surface area (Å²) in [6, 6.07) is 7.09. The fourth-order valence-corrected chi connectivity index (χ4v) is 1.20. The van der Waals surface area contributed by atoms with E-state index in [1.165, 1.54) is 12.2 Å². The molecule has 3 heteroatoms. The quantitative estimate of drug-likeness (QED) is 0.665. The molecule has 0 aliphatic carbocycles. The van der Waals surface area contributed by atoms with Crippen LogP contribution in [-0.4, -0.2) is 17.0 Å². The molecule has 1 aromatic rings. The van der Waals surface area contributed by atoms with Crippen molar-refractivity contribution in [3.63, 3.8) is 0 Å². The highest BCUT2D eigenvalue weighted by atomic mass is 79.9. The van der Waals surface area contributed by atoms with Gasteiger partial charge in [0.05, 0.1) is 6.10 Å². The molecule has 0 aliphatic rings. The van der Waals surface area contributed by atoms with Crippen molar-refractivity contribution in [1.29, 1.82) is 0 Å². The average molecular weight is 255 g/mol. The summed E-state index contributed by atoms with van der Waals surface area (Å²) in [5.41, 5.74) is 0.616. The van der Waals surface area contributed by atoms with E-state index in [1.807, 2.05) is 12.1 Å². The van der Waals surface area contributed by atoms with Gasteiger partial charge >= 0.3 is 0 Å². The third kappa shape index (κ3) is 3.44. The van der Waals surface area contributed by atoms with Crippen molar-refractivity contribution in [1.82, 2.24) is 0 Å². The van der Waals surface area contributed by atoms with Gasteiger partial charge in [0.1, 0.15) is 0 Å². The van der Waals surface area contributed by atoms with Gasteiger partial charge in [-0.2, -0.15) is 0 Å². The van der Waals surface area contributed by atoms with Gasteiger partial charge < -0.3 is 5.11 Å². The third-order valence-corrected chi connectivity index (χ3v) is 2.18. The molecule has 0 saturated carbocycles. The molecule has 1 aromatic carbocycles. The number of benzene rings is 1. The Bertz CT molecular complexity index is 339. The second-order valence-electron chi connectivity index (χ2n) is 2.97. The fourth-order valence-electron chi connectivity index (χ4n) is 0.937.